The summed E-state index contributed by atoms with van der Waals surface area (Å²) in [5, 5.41) is 12.7. The summed E-state index contributed by atoms with van der Waals surface area (Å²) < 4.78 is 0. The Morgan fingerprint density at radius 1 is 1.25 bits per heavy atom. The van der Waals surface area contributed by atoms with Gasteiger partial charge in [0.2, 0.25) is 5.91 Å². The Hall–Kier alpha value is -1.10. The van der Waals surface area contributed by atoms with Crippen molar-refractivity contribution in [2.45, 2.75) is 64.0 Å². The highest BCUT2D eigenvalue weighted by atomic mass is 16.4. The predicted molar refractivity (Wildman–Crippen MR) is 76.4 cm³/mol. The number of hydrogen-bond acceptors (Lipinski definition) is 3. The van der Waals surface area contributed by atoms with Crippen LogP contribution >= 0.6 is 0 Å². The number of carbonyl (C=O) groups excluding carboxylic acids is 1. The monoisotopic (exact) mass is 282 g/mol. The molecule has 2 heterocycles. The molecule has 0 spiro atoms. The van der Waals surface area contributed by atoms with E-state index in [2.05, 4.69) is 12.2 Å². The van der Waals surface area contributed by atoms with Gasteiger partial charge in [-0.3, -0.25) is 4.79 Å². The van der Waals surface area contributed by atoms with Gasteiger partial charge in [-0.25, -0.2) is 4.79 Å². The Morgan fingerprint density at radius 3 is 2.75 bits per heavy atom. The van der Waals surface area contributed by atoms with Crippen molar-refractivity contribution in [3.05, 3.63) is 0 Å². The van der Waals surface area contributed by atoms with Gasteiger partial charge in [0.05, 0.1) is 6.04 Å². The summed E-state index contributed by atoms with van der Waals surface area (Å²) >= 11 is 0. The molecule has 2 N–H and O–H groups in total. The summed E-state index contributed by atoms with van der Waals surface area (Å²) in [5.41, 5.74) is 0. The van der Waals surface area contributed by atoms with Crippen LogP contribution in [0.5, 0.6) is 0 Å². The lowest BCUT2D eigenvalue weighted by Gasteiger charge is -2.38. The Kier molecular flexibility index (Phi) is 5.40. The first-order chi connectivity index (χ1) is 9.63. The molecule has 0 radical (unpaired) electrons. The van der Waals surface area contributed by atoms with E-state index in [1.165, 1.54) is 0 Å². The highest BCUT2D eigenvalue weighted by Crippen LogP contribution is 2.26. The number of nitrogens with zero attached hydrogens (tertiary/aromatic N) is 1. The van der Waals surface area contributed by atoms with Gasteiger partial charge in [-0.2, -0.15) is 0 Å². The zero-order valence-electron chi connectivity index (χ0n) is 12.3. The number of hydrogen-bond donors (Lipinski definition) is 2. The summed E-state index contributed by atoms with van der Waals surface area (Å²) in [5.74, 6) is -0.429. The van der Waals surface area contributed by atoms with Crippen molar-refractivity contribution in [2.24, 2.45) is 5.92 Å². The largest absolute Gasteiger partial charge is 0.480 e. The smallest absolute Gasteiger partial charge is 0.326 e. The van der Waals surface area contributed by atoms with E-state index in [0.717, 1.165) is 45.1 Å². The van der Waals surface area contributed by atoms with E-state index in [4.69, 9.17) is 0 Å². The van der Waals surface area contributed by atoms with Gasteiger partial charge in [-0.1, -0.05) is 26.2 Å². The van der Waals surface area contributed by atoms with Gasteiger partial charge < -0.3 is 15.3 Å². The van der Waals surface area contributed by atoms with Gasteiger partial charge in [0, 0.05) is 6.54 Å². The molecule has 2 saturated heterocycles. The van der Waals surface area contributed by atoms with E-state index in [9.17, 15) is 14.7 Å². The number of piperidine rings is 1. The molecule has 0 bridgehead atoms. The average Bonchev–Trinajstić information content (AvgIpc) is 2.74. The van der Waals surface area contributed by atoms with Crippen LogP contribution in [-0.2, 0) is 9.59 Å². The molecule has 2 aliphatic rings. The first kappa shape index (κ1) is 15.3. The van der Waals surface area contributed by atoms with Gasteiger partial charge in [0.1, 0.15) is 6.04 Å². The molecule has 0 aromatic rings. The lowest BCUT2D eigenvalue weighted by Crippen LogP contribution is -2.55. The average molecular weight is 282 g/mol. The van der Waals surface area contributed by atoms with Crippen molar-refractivity contribution < 1.29 is 14.7 Å². The molecule has 2 rings (SSSR count). The molecule has 0 aliphatic carbocycles. The second-order valence-electron chi connectivity index (χ2n) is 6.04. The second-order valence-corrected chi connectivity index (χ2v) is 6.04. The Morgan fingerprint density at radius 2 is 2.05 bits per heavy atom. The normalized spacial score (nSPS) is 31.6. The molecule has 5 heteroatoms. The van der Waals surface area contributed by atoms with E-state index >= 15 is 0 Å². The van der Waals surface area contributed by atoms with E-state index in [0.29, 0.717) is 18.9 Å². The zero-order chi connectivity index (χ0) is 14.5. The van der Waals surface area contributed by atoms with E-state index in [-0.39, 0.29) is 11.9 Å². The molecule has 0 aromatic heterocycles. The summed E-state index contributed by atoms with van der Waals surface area (Å²) in [6, 6.07) is -0.816. The number of carboxylic acids is 1. The molecule has 5 nitrogen and oxygen atoms in total. The maximum Gasteiger partial charge on any atom is 0.326 e. The highest BCUT2D eigenvalue weighted by molar-refractivity contribution is 5.87. The SMILES string of the molecule is CCC1CCN(C(=O)C2CCCCCN2)C(C(=O)O)C1. The van der Waals surface area contributed by atoms with Gasteiger partial charge in [0.15, 0.2) is 0 Å². The number of carboxylic acid groups (broad SMARTS) is 1. The van der Waals surface area contributed by atoms with Gasteiger partial charge in [0.25, 0.3) is 0 Å². The van der Waals surface area contributed by atoms with Crippen LogP contribution in [0.1, 0.15) is 51.9 Å². The van der Waals surface area contributed by atoms with Crippen LogP contribution in [0.3, 0.4) is 0 Å². The molecule has 0 saturated carbocycles. The summed E-state index contributed by atoms with van der Waals surface area (Å²) in [4.78, 5) is 25.7. The minimum Gasteiger partial charge on any atom is -0.480 e. The standard InChI is InChI=1S/C15H26N2O3/c1-2-11-7-9-17(13(10-11)15(19)20)14(18)12-6-4-3-5-8-16-12/h11-13,16H,2-10H2,1H3,(H,19,20). The molecule has 3 atom stereocenters. The highest BCUT2D eigenvalue weighted by Gasteiger charge is 2.38. The minimum absolute atomic E-state index is 0.00569. The van der Waals surface area contributed by atoms with Crippen molar-refractivity contribution in [3.63, 3.8) is 0 Å². The maximum atomic E-state index is 12.6. The first-order valence-electron chi connectivity index (χ1n) is 7.90. The molecule has 1 amide bonds. The molecular weight excluding hydrogens is 256 g/mol. The lowest BCUT2D eigenvalue weighted by molar-refractivity contribution is -0.154. The fraction of sp³-hybridized carbons (Fsp3) is 0.867. The maximum absolute atomic E-state index is 12.6. The third kappa shape index (κ3) is 3.51. The molecule has 2 aliphatic heterocycles. The fourth-order valence-electron chi connectivity index (χ4n) is 3.35. The Balaban J connectivity index is 2.04. The van der Waals surface area contributed by atoms with Gasteiger partial charge in [-0.15, -0.1) is 0 Å². The van der Waals surface area contributed by atoms with Gasteiger partial charge in [-0.05, 0) is 38.1 Å². The topological polar surface area (TPSA) is 69.6 Å². The lowest BCUT2D eigenvalue weighted by atomic mass is 9.88. The first-order valence-corrected chi connectivity index (χ1v) is 7.90. The molecule has 2 fully saturated rings. The van der Waals surface area contributed by atoms with E-state index < -0.39 is 12.0 Å². The second kappa shape index (κ2) is 7.07. The number of rotatable bonds is 3. The van der Waals surface area contributed by atoms with E-state index in [1.807, 2.05) is 0 Å². The molecule has 114 valence electrons. The summed E-state index contributed by atoms with van der Waals surface area (Å²) in [6.07, 6.45) is 6.66. The number of nitrogens with one attached hydrogen (secondary N) is 1. The van der Waals surface area contributed by atoms with Crippen LogP contribution in [0.4, 0.5) is 0 Å². The number of aliphatic carboxylic acids is 1. The number of carbonyl (C=O) groups is 2. The molecule has 20 heavy (non-hydrogen) atoms. The Labute approximate surface area is 120 Å². The molecular formula is C15H26N2O3. The fourth-order valence-corrected chi connectivity index (χ4v) is 3.35. The van der Waals surface area contributed by atoms with Crippen molar-refractivity contribution in [2.75, 3.05) is 13.1 Å². The quantitative estimate of drug-likeness (QED) is 0.825. The van der Waals surface area contributed by atoms with Crippen molar-refractivity contribution in [1.82, 2.24) is 10.2 Å². The van der Waals surface area contributed by atoms with Crippen LogP contribution in [-0.4, -0.2) is 47.1 Å². The van der Waals surface area contributed by atoms with Crippen molar-refractivity contribution >= 4 is 11.9 Å². The van der Waals surface area contributed by atoms with Crippen LogP contribution < -0.4 is 5.32 Å². The predicted octanol–water partition coefficient (Wildman–Crippen LogP) is 1.62. The minimum atomic E-state index is -0.856. The van der Waals surface area contributed by atoms with Crippen LogP contribution in [0.15, 0.2) is 0 Å². The van der Waals surface area contributed by atoms with Crippen molar-refractivity contribution in [3.8, 4) is 0 Å². The zero-order valence-corrected chi connectivity index (χ0v) is 12.3. The van der Waals surface area contributed by atoms with Gasteiger partial charge >= 0.3 is 5.97 Å². The molecule has 3 unspecified atom stereocenters. The van der Waals surface area contributed by atoms with Crippen molar-refractivity contribution in [1.29, 1.82) is 0 Å². The third-order valence-corrected chi connectivity index (χ3v) is 4.71. The number of likely N-dealkylation sites (tertiary alicyclic amines) is 1. The number of amides is 1. The molecule has 0 aromatic carbocycles. The van der Waals surface area contributed by atoms with Crippen LogP contribution in [0.25, 0.3) is 0 Å². The van der Waals surface area contributed by atoms with Crippen LogP contribution in [0.2, 0.25) is 0 Å². The van der Waals surface area contributed by atoms with E-state index in [1.54, 1.807) is 4.90 Å². The summed E-state index contributed by atoms with van der Waals surface area (Å²) in [6.45, 7) is 3.54. The summed E-state index contributed by atoms with van der Waals surface area (Å²) in [7, 11) is 0. The Bertz CT molecular complexity index is 351. The van der Waals surface area contributed by atoms with Crippen LogP contribution in [0, 0.1) is 5.92 Å². The third-order valence-electron chi connectivity index (χ3n) is 4.71.